The Morgan fingerprint density at radius 2 is 2.16 bits per heavy atom. The standard InChI is InChI=1S/C17H13N5O2S/c1-24-13-5-6-14-15(8-13)25-17(20-14)21-16(23)11-3-2-4-12(7-11)22-10-18-9-19-22/h2-10H,1H3,(H,20,21,23). The van der Waals surface area contributed by atoms with Gasteiger partial charge in [0.15, 0.2) is 5.13 Å². The van der Waals surface area contributed by atoms with Crippen LogP contribution in [-0.4, -0.2) is 32.8 Å². The number of aromatic nitrogens is 4. The highest BCUT2D eigenvalue weighted by atomic mass is 32.1. The van der Waals surface area contributed by atoms with Crippen LogP contribution in [0, 0.1) is 0 Å². The van der Waals surface area contributed by atoms with Gasteiger partial charge >= 0.3 is 0 Å². The van der Waals surface area contributed by atoms with Crippen molar-refractivity contribution < 1.29 is 9.53 Å². The number of methoxy groups -OCH3 is 1. The van der Waals surface area contributed by atoms with Gasteiger partial charge in [-0.15, -0.1) is 0 Å². The Morgan fingerprint density at radius 3 is 2.96 bits per heavy atom. The van der Waals surface area contributed by atoms with Gasteiger partial charge in [0.25, 0.3) is 5.91 Å². The zero-order chi connectivity index (χ0) is 17.2. The summed E-state index contributed by atoms with van der Waals surface area (Å²) < 4.78 is 7.76. The molecule has 0 fully saturated rings. The maximum atomic E-state index is 12.5. The third kappa shape index (κ3) is 3.07. The second-order valence-electron chi connectivity index (χ2n) is 5.20. The van der Waals surface area contributed by atoms with Crippen LogP contribution in [0.4, 0.5) is 5.13 Å². The maximum absolute atomic E-state index is 12.5. The molecule has 0 aliphatic rings. The second-order valence-corrected chi connectivity index (χ2v) is 6.23. The Bertz CT molecular complexity index is 1040. The summed E-state index contributed by atoms with van der Waals surface area (Å²) in [5, 5.41) is 7.45. The van der Waals surface area contributed by atoms with Crippen molar-refractivity contribution in [3.8, 4) is 11.4 Å². The van der Waals surface area contributed by atoms with Gasteiger partial charge in [0.2, 0.25) is 0 Å². The monoisotopic (exact) mass is 351 g/mol. The van der Waals surface area contributed by atoms with Gasteiger partial charge in [-0.1, -0.05) is 17.4 Å². The molecule has 0 saturated heterocycles. The van der Waals surface area contributed by atoms with E-state index in [0.717, 1.165) is 21.7 Å². The van der Waals surface area contributed by atoms with Gasteiger partial charge in [0.05, 0.1) is 23.0 Å². The van der Waals surface area contributed by atoms with E-state index in [4.69, 9.17) is 4.74 Å². The summed E-state index contributed by atoms with van der Waals surface area (Å²) in [5.74, 6) is 0.530. The first kappa shape index (κ1) is 15.3. The predicted molar refractivity (Wildman–Crippen MR) is 95.5 cm³/mol. The molecule has 0 unspecified atom stereocenters. The highest BCUT2D eigenvalue weighted by Gasteiger charge is 2.11. The van der Waals surface area contributed by atoms with Crippen molar-refractivity contribution in [2.45, 2.75) is 0 Å². The van der Waals surface area contributed by atoms with Gasteiger partial charge in [0, 0.05) is 5.56 Å². The molecule has 0 bridgehead atoms. The summed E-state index contributed by atoms with van der Waals surface area (Å²) in [4.78, 5) is 20.9. The molecule has 0 aliphatic heterocycles. The Labute approximate surface area is 146 Å². The smallest absolute Gasteiger partial charge is 0.257 e. The number of amides is 1. The zero-order valence-corrected chi connectivity index (χ0v) is 14.0. The van der Waals surface area contributed by atoms with Crippen LogP contribution in [0.15, 0.2) is 55.1 Å². The normalized spacial score (nSPS) is 10.8. The highest BCUT2D eigenvalue weighted by molar-refractivity contribution is 7.22. The average molecular weight is 351 g/mol. The lowest BCUT2D eigenvalue weighted by atomic mass is 10.2. The van der Waals surface area contributed by atoms with E-state index >= 15 is 0 Å². The minimum absolute atomic E-state index is 0.229. The topological polar surface area (TPSA) is 81.9 Å². The lowest BCUT2D eigenvalue weighted by Crippen LogP contribution is -2.12. The Kier molecular flexibility index (Phi) is 3.87. The molecule has 8 heteroatoms. The first-order valence-electron chi connectivity index (χ1n) is 7.44. The van der Waals surface area contributed by atoms with Crippen LogP contribution < -0.4 is 10.1 Å². The van der Waals surface area contributed by atoms with Crippen LogP contribution in [0.3, 0.4) is 0 Å². The van der Waals surface area contributed by atoms with E-state index in [2.05, 4.69) is 20.4 Å². The summed E-state index contributed by atoms with van der Waals surface area (Å²) >= 11 is 1.40. The van der Waals surface area contributed by atoms with E-state index in [0.29, 0.717) is 10.7 Å². The fourth-order valence-electron chi connectivity index (χ4n) is 2.39. The minimum Gasteiger partial charge on any atom is -0.497 e. The molecule has 0 atom stereocenters. The van der Waals surface area contributed by atoms with E-state index in [1.165, 1.54) is 17.7 Å². The number of nitrogens with zero attached hydrogens (tertiary/aromatic N) is 4. The third-order valence-electron chi connectivity index (χ3n) is 3.61. The van der Waals surface area contributed by atoms with Crippen molar-refractivity contribution in [2.24, 2.45) is 0 Å². The van der Waals surface area contributed by atoms with Gasteiger partial charge in [0.1, 0.15) is 18.4 Å². The lowest BCUT2D eigenvalue weighted by Gasteiger charge is -2.04. The molecule has 7 nitrogen and oxygen atoms in total. The molecule has 0 saturated carbocycles. The first-order valence-corrected chi connectivity index (χ1v) is 8.25. The average Bonchev–Trinajstić information content (AvgIpc) is 3.30. The van der Waals surface area contributed by atoms with Crippen LogP contribution in [0.1, 0.15) is 10.4 Å². The zero-order valence-electron chi connectivity index (χ0n) is 13.2. The number of hydrogen-bond acceptors (Lipinski definition) is 6. The Hall–Kier alpha value is -3.26. The summed E-state index contributed by atoms with van der Waals surface area (Å²) in [7, 11) is 1.62. The van der Waals surface area contributed by atoms with Gasteiger partial charge in [-0.25, -0.2) is 14.6 Å². The van der Waals surface area contributed by atoms with Gasteiger partial charge < -0.3 is 4.74 Å². The number of hydrogen-bond donors (Lipinski definition) is 1. The number of ether oxygens (including phenoxy) is 1. The van der Waals surface area contributed by atoms with Crippen LogP contribution in [0.2, 0.25) is 0 Å². The molecular formula is C17H13N5O2S. The number of carbonyl (C=O) groups excluding carboxylic acids is 1. The van der Waals surface area contributed by atoms with Crippen molar-refractivity contribution >= 4 is 32.6 Å². The number of anilines is 1. The molecule has 0 spiro atoms. The van der Waals surface area contributed by atoms with Crippen molar-refractivity contribution in [1.82, 2.24) is 19.7 Å². The number of fused-ring (bicyclic) bond motifs is 1. The summed E-state index contributed by atoms with van der Waals surface area (Å²) in [6.07, 6.45) is 3.03. The van der Waals surface area contributed by atoms with Crippen molar-refractivity contribution in [3.05, 3.63) is 60.7 Å². The van der Waals surface area contributed by atoms with Crippen molar-refractivity contribution in [1.29, 1.82) is 0 Å². The predicted octanol–water partition coefficient (Wildman–Crippen LogP) is 3.14. The van der Waals surface area contributed by atoms with Crippen LogP contribution >= 0.6 is 11.3 Å². The summed E-state index contributed by atoms with van der Waals surface area (Å²) in [6, 6.07) is 12.8. The van der Waals surface area contributed by atoms with Crippen LogP contribution in [0.5, 0.6) is 5.75 Å². The molecule has 124 valence electrons. The molecule has 2 heterocycles. The van der Waals surface area contributed by atoms with Crippen molar-refractivity contribution in [2.75, 3.05) is 12.4 Å². The van der Waals surface area contributed by atoms with Gasteiger partial charge in [-0.3, -0.25) is 10.1 Å². The molecule has 4 rings (SSSR count). The van der Waals surface area contributed by atoms with Crippen molar-refractivity contribution in [3.63, 3.8) is 0 Å². The minimum atomic E-state index is -0.229. The third-order valence-corrected chi connectivity index (χ3v) is 4.54. The van der Waals surface area contributed by atoms with Crippen LogP contribution in [-0.2, 0) is 0 Å². The highest BCUT2D eigenvalue weighted by Crippen LogP contribution is 2.29. The van der Waals surface area contributed by atoms with E-state index in [9.17, 15) is 4.79 Å². The Balaban J connectivity index is 1.59. The number of thiazole rings is 1. The molecule has 1 amide bonds. The first-order chi connectivity index (χ1) is 12.2. The van der Waals surface area contributed by atoms with Crippen LogP contribution in [0.25, 0.3) is 15.9 Å². The SMILES string of the molecule is COc1ccc2nc(NC(=O)c3cccc(-n4cncn4)c3)sc2c1. The van der Waals surface area contributed by atoms with E-state index in [1.54, 1.807) is 36.3 Å². The maximum Gasteiger partial charge on any atom is 0.257 e. The number of benzene rings is 2. The molecule has 1 N–H and O–H groups in total. The molecule has 0 aliphatic carbocycles. The largest absolute Gasteiger partial charge is 0.497 e. The Morgan fingerprint density at radius 1 is 1.24 bits per heavy atom. The number of nitrogens with one attached hydrogen (secondary N) is 1. The van der Waals surface area contributed by atoms with E-state index < -0.39 is 0 Å². The molecule has 0 radical (unpaired) electrons. The van der Waals surface area contributed by atoms with Gasteiger partial charge in [-0.2, -0.15) is 5.10 Å². The second kappa shape index (κ2) is 6.33. The number of rotatable bonds is 4. The summed E-state index contributed by atoms with van der Waals surface area (Å²) in [5.41, 5.74) is 2.10. The molecule has 2 aromatic heterocycles. The quantitative estimate of drug-likeness (QED) is 0.611. The molecular weight excluding hydrogens is 338 g/mol. The molecule has 2 aromatic carbocycles. The molecule has 25 heavy (non-hydrogen) atoms. The summed E-state index contributed by atoms with van der Waals surface area (Å²) in [6.45, 7) is 0. The fourth-order valence-corrected chi connectivity index (χ4v) is 3.28. The van der Waals surface area contributed by atoms with E-state index in [1.807, 2.05) is 24.3 Å². The fraction of sp³-hybridized carbons (Fsp3) is 0.0588. The number of carbonyl (C=O) groups is 1. The van der Waals surface area contributed by atoms with Gasteiger partial charge in [-0.05, 0) is 36.4 Å². The molecule has 4 aromatic rings. The van der Waals surface area contributed by atoms with E-state index in [-0.39, 0.29) is 5.91 Å². The lowest BCUT2D eigenvalue weighted by molar-refractivity contribution is 0.102.